The van der Waals surface area contributed by atoms with Gasteiger partial charge in [0.2, 0.25) is 0 Å². The molecule has 180 valence electrons. The maximum atomic E-state index is 10.3. The molecule has 0 spiro atoms. The van der Waals surface area contributed by atoms with Crippen molar-refractivity contribution in [2.24, 2.45) is 0 Å². The minimum absolute atomic E-state index is 0.243. The van der Waals surface area contributed by atoms with Crippen molar-refractivity contribution in [1.29, 1.82) is 0 Å². The highest BCUT2D eigenvalue weighted by atomic mass is 16.7. The van der Waals surface area contributed by atoms with E-state index in [1.165, 1.54) is 0 Å². The molecule has 0 aromatic carbocycles. The smallest absolute Gasteiger partial charge is 0.187 e. The van der Waals surface area contributed by atoms with E-state index in [1.54, 1.807) is 13.0 Å². The van der Waals surface area contributed by atoms with Crippen LogP contribution in [0.3, 0.4) is 0 Å². The first-order valence-electron chi connectivity index (χ1n) is 10.4. The Morgan fingerprint density at radius 3 is 2.26 bits per heavy atom. The zero-order valence-corrected chi connectivity index (χ0v) is 18.2. The van der Waals surface area contributed by atoms with Gasteiger partial charge in [-0.2, -0.15) is 0 Å². The molecule has 6 N–H and O–H groups in total. The van der Waals surface area contributed by atoms with Crippen LogP contribution in [0.15, 0.2) is 24.3 Å². The van der Waals surface area contributed by atoms with Crippen molar-refractivity contribution in [3.8, 4) is 0 Å². The molecule has 0 aromatic heterocycles. The minimum Gasteiger partial charge on any atom is -0.388 e. The molecule has 0 saturated carbocycles. The summed E-state index contributed by atoms with van der Waals surface area (Å²) < 4.78 is 22.1. The van der Waals surface area contributed by atoms with Crippen molar-refractivity contribution in [3.63, 3.8) is 0 Å². The van der Waals surface area contributed by atoms with Gasteiger partial charge in [-0.15, -0.1) is 6.58 Å². The third-order valence-electron chi connectivity index (χ3n) is 5.56. The van der Waals surface area contributed by atoms with Crippen molar-refractivity contribution in [2.45, 2.75) is 94.5 Å². The summed E-state index contributed by atoms with van der Waals surface area (Å²) in [5, 5.41) is 60.1. The van der Waals surface area contributed by atoms with Crippen LogP contribution in [0, 0.1) is 0 Å². The van der Waals surface area contributed by atoms with Crippen LogP contribution < -0.4 is 0 Å². The van der Waals surface area contributed by atoms with E-state index < -0.39 is 60.9 Å². The summed E-state index contributed by atoms with van der Waals surface area (Å²) in [4.78, 5) is 0. The summed E-state index contributed by atoms with van der Waals surface area (Å²) in [6, 6.07) is 0. The predicted octanol–water partition coefficient (Wildman–Crippen LogP) is -1.04. The summed E-state index contributed by atoms with van der Waals surface area (Å²) in [6.07, 6.45) is -7.54. The van der Waals surface area contributed by atoms with Crippen molar-refractivity contribution in [2.75, 3.05) is 13.2 Å². The molecule has 0 aliphatic carbocycles. The Morgan fingerprint density at radius 2 is 1.65 bits per heavy atom. The van der Waals surface area contributed by atoms with Gasteiger partial charge in [-0.1, -0.05) is 17.7 Å². The molecule has 2 rings (SSSR count). The topological polar surface area (TPSA) is 158 Å². The van der Waals surface area contributed by atoms with Gasteiger partial charge in [-0.25, -0.2) is 0 Å². The summed E-state index contributed by atoms with van der Waals surface area (Å²) in [5.41, 5.74) is 0.286. The molecule has 31 heavy (non-hydrogen) atoms. The molecule has 2 fully saturated rings. The van der Waals surface area contributed by atoms with Gasteiger partial charge in [-0.3, -0.25) is 0 Å². The fourth-order valence-electron chi connectivity index (χ4n) is 3.39. The predicted molar refractivity (Wildman–Crippen MR) is 109 cm³/mol. The van der Waals surface area contributed by atoms with Crippen molar-refractivity contribution in [3.05, 3.63) is 24.3 Å². The second-order valence-corrected chi connectivity index (χ2v) is 8.55. The van der Waals surface area contributed by atoms with E-state index in [1.807, 2.05) is 19.9 Å². The molecule has 0 aromatic rings. The lowest BCUT2D eigenvalue weighted by Gasteiger charge is -2.43. The van der Waals surface area contributed by atoms with E-state index in [0.717, 1.165) is 5.57 Å². The zero-order chi connectivity index (χ0) is 23.3. The Morgan fingerprint density at radius 1 is 1.00 bits per heavy atom. The highest BCUT2D eigenvalue weighted by Crippen LogP contribution is 2.30. The molecule has 10 nitrogen and oxygen atoms in total. The minimum atomic E-state index is -1.57. The van der Waals surface area contributed by atoms with E-state index in [9.17, 15) is 30.6 Å². The monoisotopic (exact) mass is 448 g/mol. The molecule has 0 unspecified atom stereocenters. The summed E-state index contributed by atoms with van der Waals surface area (Å²) in [6.45, 7) is 8.94. The van der Waals surface area contributed by atoms with Crippen LogP contribution >= 0.6 is 0 Å². The Bertz CT molecular complexity index is 609. The molecule has 2 aliphatic rings. The Labute approximate surface area is 182 Å². The van der Waals surface area contributed by atoms with Gasteiger partial charge >= 0.3 is 0 Å². The second kappa shape index (κ2) is 11.3. The molecular weight excluding hydrogens is 412 g/mol. The van der Waals surface area contributed by atoms with E-state index in [4.69, 9.17) is 18.9 Å². The van der Waals surface area contributed by atoms with E-state index in [-0.39, 0.29) is 13.2 Å². The summed E-state index contributed by atoms with van der Waals surface area (Å²) >= 11 is 0. The van der Waals surface area contributed by atoms with Crippen molar-refractivity contribution < 1.29 is 49.6 Å². The first-order valence-corrected chi connectivity index (χ1v) is 10.4. The molecule has 0 bridgehead atoms. The maximum Gasteiger partial charge on any atom is 0.187 e. The Hall–Kier alpha value is -0.920. The standard InChI is InChI=1S/C21H36O10/c1-5-21(4,8-6-7-11(2)3)31-20-18(27)16(25)15(24)13(30-20)10-29-19-17(26)14(23)12(22)9-28-19/h5,7,12-20,22-27H,1,6,8-10H2,2-4H3/t12-,13+,14-,15+,16-,17+,18+,19-,20-,21-/m0/s1. The highest BCUT2D eigenvalue weighted by molar-refractivity contribution is 5.00. The Balaban J connectivity index is 2.01. The number of aliphatic hydroxyl groups is 6. The van der Waals surface area contributed by atoms with Crippen LogP contribution in [0.4, 0.5) is 0 Å². The number of hydrogen-bond acceptors (Lipinski definition) is 10. The van der Waals surface area contributed by atoms with Gasteiger partial charge in [0.1, 0.15) is 42.7 Å². The van der Waals surface area contributed by atoms with Gasteiger partial charge in [0.25, 0.3) is 0 Å². The highest BCUT2D eigenvalue weighted by Gasteiger charge is 2.47. The van der Waals surface area contributed by atoms with Crippen LogP contribution in [-0.4, -0.2) is 105 Å². The van der Waals surface area contributed by atoms with Crippen molar-refractivity contribution in [1.82, 2.24) is 0 Å². The molecule has 10 atom stereocenters. The Kier molecular flexibility index (Phi) is 9.58. The molecule has 10 heteroatoms. The molecule has 0 amide bonds. The van der Waals surface area contributed by atoms with Crippen LogP contribution in [0.25, 0.3) is 0 Å². The SMILES string of the molecule is C=C[C@@](C)(CCC=C(C)C)O[C@@H]1O[C@H](CO[C@@H]2OC[C@H](O)[C@H](O)[C@H]2O)[C@@H](O)[C@H](O)[C@H]1O. The first kappa shape index (κ1) is 26.3. The number of allylic oxidation sites excluding steroid dienone is 2. The number of ether oxygens (including phenoxy) is 4. The van der Waals surface area contributed by atoms with Crippen LogP contribution in [-0.2, 0) is 18.9 Å². The normalized spacial score (nSPS) is 40.7. The lowest BCUT2D eigenvalue weighted by atomic mass is 9.96. The third-order valence-corrected chi connectivity index (χ3v) is 5.56. The molecular formula is C21H36O10. The van der Waals surface area contributed by atoms with Gasteiger partial charge in [0, 0.05) is 0 Å². The fourth-order valence-corrected chi connectivity index (χ4v) is 3.39. The average Bonchev–Trinajstić information content (AvgIpc) is 2.72. The molecule has 0 radical (unpaired) electrons. The zero-order valence-electron chi connectivity index (χ0n) is 18.2. The van der Waals surface area contributed by atoms with Gasteiger partial charge in [0.05, 0.1) is 18.8 Å². The molecule has 2 saturated heterocycles. The second-order valence-electron chi connectivity index (χ2n) is 8.55. The van der Waals surface area contributed by atoms with Crippen molar-refractivity contribution >= 4 is 0 Å². The van der Waals surface area contributed by atoms with E-state index >= 15 is 0 Å². The van der Waals surface area contributed by atoms with Gasteiger partial charge < -0.3 is 49.6 Å². The lowest BCUT2D eigenvalue weighted by molar-refractivity contribution is -0.333. The number of aliphatic hydroxyl groups excluding tert-OH is 6. The van der Waals surface area contributed by atoms with E-state index in [2.05, 4.69) is 6.58 Å². The van der Waals surface area contributed by atoms with Crippen LogP contribution in [0.1, 0.15) is 33.6 Å². The van der Waals surface area contributed by atoms with E-state index in [0.29, 0.717) is 12.8 Å². The fraction of sp³-hybridized carbons (Fsp3) is 0.810. The van der Waals surface area contributed by atoms with Gasteiger partial charge in [0.15, 0.2) is 12.6 Å². The van der Waals surface area contributed by atoms with Gasteiger partial charge in [-0.05, 0) is 33.6 Å². The maximum absolute atomic E-state index is 10.3. The third kappa shape index (κ3) is 6.78. The average molecular weight is 449 g/mol. The summed E-state index contributed by atoms with van der Waals surface area (Å²) in [7, 11) is 0. The summed E-state index contributed by atoms with van der Waals surface area (Å²) in [5.74, 6) is 0. The number of rotatable bonds is 9. The quantitative estimate of drug-likeness (QED) is 0.241. The van der Waals surface area contributed by atoms with Crippen LogP contribution in [0.2, 0.25) is 0 Å². The molecule has 2 aliphatic heterocycles. The first-order chi connectivity index (χ1) is 14.5. The lowest BCUT2D eigenvalue weighted by Crippen LogP contribution is -2.61. The molecule has 2 heterocycles. The largest absolute Gasteiger partial charge is 0.388 e. The number of hydrogen-bond donors (Lipinski definition) is 6. The van der Waals surface area contributed by atoms with Crippen LogP contribution in [0.5, 0.6) is 0 Å².